The van der Waals surface area contributed by atoms with Gasteiger partial charge in [0.15, 0.2) is 0 Å². The molecule has 18 heavy (non-hydrogen) atoms. The highest BCUT2D eigenvalue weighted by atomic mass is 16.5. The van der Waals surface area contributed by atoms with Gasteiger partial charge in [-0.15, -0.1) is 0 Å². The van der Waals surface area contributed by atoms with E-state index in [0.717, 1.165) is 38.8 Å². The maximum Gasteiger partial charge on any atom is 0.232 e. The number of hydrogen-bond acceptors (Lipinski definition) is 3. The van der Waals surface area contributed by atoms with Gasteiger partial charge in [-0.25, -0.2) is 0 Å². The van der Waals surface area contributed by atoms with Crippen molar-refractivity contribution in [2.75, 3.05) is 13.2 Å². The topological polar surface area (TPSA) is 46.6 Å². The largest absolute Gasteiger partial charge is 0.355 e. The van der Waals surface area contributed by atoms with Gasteiger partial charge in [-0.3, -0.25) is 9.59 Å². The zero-order chi connectivity index (χ0) is 13.2. The minimum atomic E-state index is -0.405. The van der Waals surface area contributed by atoms with E-state index in [-0.39, 0.29) is 18.1 Å². The lowest BCUT2D eigenvalue weighted by atomic mass is 9.87. The van der Waals surface area contributed by atoms with E-state index >= 15 is 0 Å². The Morgan fingerprint density at radius 2 is 1.94 bits per heavy atom. The number of ether oxygens (including phenoxy) is 1. The summed E-state index contributed by atoms with van der Waals surface area (Å²) in [5.74, 6) is 0.230. The van der Waals surface area contributed by atoms with E-state index in [1.807, 2.05) is 4.90 Å². The van der Waals surface area contributed by atoms with Gasteiger partial charge in [0.2, 0.25) is 5.91 Å². The number of carbonyl (C=O) groups is 2. The fourth-order valence-corrected chi connectivity index (χ4v) is 3.06. The molecule has 1 atom stereocenters. The Morgan fingerprint density at radius 1 is 1.28 bits per heavy atom. The molecule has 4 nitrogen and oxygen atoms in total. The molecule has 2 aliphatic rings. The Kier molecular flexibility index (Phi) is 4.05. The monoisotopic (exact) mass is 253 g/mol. The first-order valence-electron chi connectivity index (χ1n) is 6.97. The van der Waals surface area contributed by atoms with Crippen molar-refractivity contribution in [1.82, 2.24) is 4.90 Å². The van der Waals surface area contributed by atoms with Gasteiger partial charge < -0.3 is 9.64 Å². The lowest BCUT2D eigenvalue weighted by molar-refractivity contribution is -0.217. The average Bonchev–Trinajstić information content (AvgIpc) is 2.33. The first-order chi connectivity index (χ1) is 8.53. The van der Waals surface area contributed by atoms with Crippen LogP contribution in [0.4, 0.5) is 0 Å². The Labute approximate surface area is 109 Å². The number of ketones is 1. The molecule has 0 aromatic heterocycles. The molecule has 4 heteroatoms. The molecular weight excluding hydrogens is 230 g/mol. The van der Waals surface area contributed by atoms with Gasteiger partial charge in [0.25, 0.3) is 0 Å². The van der Waals surface area contributed by atoms with E-state index in [1.54, 1.807) is 0 Å². The minimum absolute atomic E-state index is 0.0117. The first-order valence-corrected chi connectivity index (χ1v) is 6.97. The molecule has 1 aliphatic heterocycles. The van der Waals surface area contributed by atoms with Gasteiger partial charge in [-0.2, -0.15) is 0 Å². The molecule has 1 amide bonds. The van der Waals surface area contributed by atoms with Crippen LogP contribution in [-0.2, 0) is 14.3 Å². The molecule has 1 spiro atoms. The third kappa shape index (κ3) is 2.74. The predicted molar refractivity (Wildman–Crippen MR) is 67.9 cm³/mol. The van der Waals surface area contributed by atoms with Crippen LogP contribution >= 0.6 is 0 Å². The number of Topliss-reactive ketones (excluding diaryl/α,β-unsaturated/α-hetero) is 1. The molecule has 2 fully saturated rings. The molecule has 0 N–H and O–H groups in total. The van der Waals surface area contributed by atoms with Crippen molar-refractivity contribution in [3.8, 4) is 0 Å². The van der Waals surface area contributed by atoms with E-state index in [2.05, 4.69) is 6.92 Å². The second-order valence-electron chi connectivity index (χ2n) is 5.81. The first kappa shape index (κ1) is 13.5. The lowest BCUT2D eigenvalue weighted by Gasteiger charge is -2.50. The standard InChI is InChI=1S/C14H23NO3/c1-11-9-15(13(17)8-12(2)16)14(18-10-11)6-4-3-5-7-14/h11H,3-10H2,1-2H3/t11-/m0/s1. The Balaban J connectivity index is 2.14. The fourth-order valence-electron chi connectivity index (χ4n) is 3.06. The molecule has 1 aliphatic carbocycles. The van der Waals surface area contributed by atoms with Crippen LogP contribution in [0.2, 0.25) is 0 Å². The van der Waals surface area contributed by atoms with Gasteiger partial charge in [0.1, 0.15) is 11.5 Å². The second-order valence-corrected chi connectivity index (χ2v) is 5.81. The summed E-state index contributed by atoms with van der Waals surface area (Å²) in [6.45, 7) is 5.01. The molecule has 0 radical (unpaired) electrons. The van der Waals surface area contributed by atoms with Crippen LogP contribution in [0.15, 0.2) is 0 Å². The maximum absolute atomic E-state index is 12.3. The van der Waals surface area contributed by atoms with E-state index in [4.69, 9.17) is 4.74 Å². The third-order valence-corrected chi connectivity index (χ3v) is 3.96. The van der Waals surface area contributed by atoms with E-state index in [9.17, 15) is 9.59 Å². The maximum atomic E-state index is 12.3. The molecule has 0 unspecified atom stereocenters. The van der Waals surface area contributed by atoms with Crippen molar-refractivity contribution in [1.29, 1.82) is 0 Å². The summed E-state index contributed by atoms with van der Waals surface area (Å²) < 4.78 is 6.03. The number of carbonyl (C=O) groups excluding carboxylic acids is 2. The molecule has 0 aromatic carbocycles. The quantitative estimate of drug-likeness (QED) is 0.708. The van der Waals surface area contributed by atoms with E-state index < -0.39 is 5.72 Å². The van der Waals surface area contributed by atoms with E-state index in [0.29, 0.717) is 5.92 Å². The Hall–Kier alpha value is -0.900. The van der Waals surface area contributed by atoms with Crippen molar-refractivity contribution < 1.29 is 14.3 Å². The van der Waals surface area contributed by atoms with Crippen molar-refractivity contribution in [3.63, 3.8) is 0 Å². The summed E-state index contributed by atoms with van der Waals surface area (Å²) in [5, 5.41) is 0. The molecule has 0 aromatic rings. The van der Waals surface area contributed by atoms with Crippen LogP contribution in [-0.4, -0.2) is 35.5 Å². The molecule has 1 saturated heterocycles. The smallest absolute Gasteiger partial charge is 0.232 e. The number of nitrogens with zero attached hydrogens (tertiary/aromatic N) is 1. The predicted octanol–water partition coefficient (Wildman–Crippen LogP) is 2.12. The van der Waals surface area contributed by atoms with Crippen LogP contribution in [0.3, 0.4) is 0 Å². The van der Waals surface area contributed by atoms with Gasteiger partial charge in [0, 0.05) is 6.54 Å². The van der Waals surface area contributed by atoms with Gasteiger partial charge in [-0.05, 0) is 38.5 Å². The minimum Gasteiger partial charge on any atom is -0.355 e. The highest BCUT2D eigenvalue weighted by Crippen LogP contribution is 2.38. The van der Waals surface area contributed by atoms with Crippen LogP contribution in [0.1, 0.15) is 52.4 Å². The molecule has 1 heterocycles. The summed E-state index contributed by atoms with van der Waals surface area (Å²) in [5.41, 5.74) is -0.405. The number of hydrogen-bond donors (Lipinski definition) is 0. The normalized spacial score (nSPS) is 27.2. The summed E-state index contributed by atoms with van der Waals surface area (Å²) in [7, 11) is 0. The average molecular weight is 253 g/mol. The molecule has 102 valence electrons. The van der Waals surface area contributed by atoms with E-state index in [1.165, 1.54) is 13.3 Å². The zero-order valence-electron chi connectivity index (χ0n) is 11.4. The SMILES string of the molecule is CC(=O)CC(=O)N1C[C@H](C)COC12CCCCC2. The number of rotatable bonds is 2. The second kappa shape index (κ2) is 5.39. The zero-order valence-corrected chi connectivity index (χ0v) is 11.4. The van der Waals surface area contributed by atoms with Gasteiger partial charge >= 0.3 is 0 Å². The third-order valence-electron chi connectivity index (χ3n) is 3.96. The van der Waals surface area contributed by atoms with Crippen LogP contribution < -0.4 is 0 Å². The van der Waals surface area contributed by atoms with Crippen molar-refractivity contribution in [2.24, 2.45) is 5.92 Å². The molecule has 2 rings (SSSR count). The Bertz CT molecular complexity index is 334. The summed E-state index contributed by atoms with van der Waals surface area (Å²) in [6, 6.07) is 0. The highest BCUT2D eigenvalue weighted by molar-refractivity contribution is 5.97. The van der Waals surface area contributed by atoms with Crippen LogP contribution in [0.5, 0.6) is 0 Å². The van der Waals surface area contributed by atoms with Gasteiger partial charge in [-0.1, -0.05) is 13.3 Å². The van der Waals surface area contributed by atoms with Crippen LogP contribution in [0, 0.1) is 5.92 Å². The van der Waals surface area contributed by atoms with Gasteiger partial charge in [0.05, 0.1) is 13.0 Å². The molecular formula is C14H23NO3. The van der Waals surface area contributed by atoms with Crippen LogP contribution in [0.25, 0.3) is 0 Å². The molecule has 1 saturated carbocycles. The van der Waals surface area contributed by atoms with Crippen molar-refractivity contribution in [3.05, 3.63) is 0 Å². The lowest BCUT2D eigenvalue weighted by Crippen LogP contribution is -2.60. The molecule has 0 bridgehead atoms. The summed E-state index contributed by atoms with van der Waals surface area (Å²) >= 11 is 0. The van der Waals surface area contributed by atoms with Crippen molar-refractivity contribution >= 4 is 11.7 Å². The summed E-state index contributed by atoms with van der Waals surface area (Å²) in [4.78, 5) is 25.3. The number of amides is 1. The Morgan fingerprint density at radius 3 is 2.56 bits per heavy atom. The van der Waals surface area contributed by atoms with Crippen molar-refractivity contribution in [2.45, 2.75) is 58.1 Å². The fraction of sp³-hybridized carbons (Fsp3) is 0.857. The highest BCUT2D eigenvalue weighted by Gasteiger charge is 2.45. The summed E-state index contributed by atoms with van der Waals surface area (Å²) in [6.07, 6.45) is 5.29.